The molecule has 140 valence electrons. The summed E-state index contributed by atoms with van der Waals surface area (Å²) in [7, 11) is -1.67. The van der Waals surface area contributed by atoms with Crippen molar-refractivity contribution in [2.24, 2.45) is 0 Å². The van der Waals surface area contributed by atoms with Gasteiger partial charge in [-0.3, -0.25) is 9.88 Å². The van der Waals surface area contributed by atoms with Crippen molar-refractivity contribution in [1.29, 1.82) is 0 Å². The molecule has 0 atom stereocenters. The summed E-state index contributed by atoms with van der Waals surface area (Å²) >= 11 is 0. The van der Waals surface area contributed by atoms with Gasteiger partial charge in [-0.25, -0.2) is 12.4 Å². The smallest absolute Gasteiger partial charge is 0.268 e. The van der Waals surface area contributed by atoms with Crippen LogP contribution in [0.3, 0.4) is 0 Å². The molecule has 6 heteroatoms. The van der Waals surface area contributed by atoms with Crippen LogP contribution in [0, 0.1) is 0 Å². The number of nitrogens with zero attached hydrogens (tertiary/aromatic N) is 3. The largest absolute Gasteiger partial charge is 0.298 e. The van der Waals surface area contributed by atoms with E-state index in [0.717, 1.165) is 40.5 Å². The molecule has 5 nitrogen and oxygen atoms in total. The molecule has 0 spiro atoms. The van der Waals surface area contributed by atoms with Crippen LogP contribution >= 0.6 is 0 Å². The van der Waals surface area contributed by atoms with Gasteiger partial charge in [0.05, 0.1) is 15.9 Å². The van der Waals surface area contributed by atoms with Crippen molar-refractivity contribution in [2.75, 3.05) is 20.1 Å². The van der Waals surface area contributed by atoms with E-state index in [2.05, 4.69) is 23.0 Å². The molecule has 0 saturated heterocycles. The monoisotopic (exact) mass is 389 g/mol. The number of hydrogen-bond donors (Lipinski definition) is 0. The summed E-state index contributed by atoms with van der Waals surface area (Å²) in [5, 5.41) is 1.76. The van der Waals surface area contributed by atoms with Crippen LogP contribution in [0.5, 0.6) is 0 Å². The molecule has 0 unspecified atom stereocenters. The number of benzene rings is 2. The highest BCUT2D eigenvalue weighted by atomic mass is 32.2. The van der Waals surface area contributed by atoms with Crippen LogP contribution in [0.1, 0.15) is 5.56 Å². The first-order valence-electron chi connectivity index (χ1n) is 9.12. The number of likely N-dealkylation sites (N-methyl/N-ethyl adjacent to an activating group) is 1. The summed E-state index contributed by atoms with van der Waals surface area (Å²) in [5.41, 5.74) is 3.61. The van der Waals surface area contributed by atoms with Gasteiger partial charge < -0.3 is 0 Å². The van der Waals surface area contributed by atoms with Crippen molar-refractivity contribution in [3.63, 3.8) is 0 Å². The number of fused-ring (bicyclic) bond motifs is 2. The van der Waals surface area contributed by atoms with Gasteiger partial charge in [-0.05, 0) is 43.0 Å². The maximum Gasteiger partial charge on any atom is 0.268 e. The Bertz CT molecular complexity index is 1350. The molecular formula is C22H19N3O2S. The van der Waals surface area contributed by atoms with E-state index in [1.165, 1.54) is 3.97 Å². The Morgan fingerprint density at radius 2 is 1.89 bits per heavy atom. The van der Waals surface area contributed by atoms with E-state index in [9.17, 15) is 8.42 Å². The van der Waals surface area contributed by atoms with Gasteiger partial charge in [0, 0.05) is 41.8 Å². The average molecular weight is 389 g/mol. The molecular weight excluding hydrogens is 370 g/mol. The van der Waals surface area contributed by atoms with E-state index in [-0.39, 0.29) is 4.90 Å². The van der Waals surface area contributed by atoms with E-state index in [1.807, 2.05) is 36.4 Å². The third-order valence-corrected chi connectivity index (χ3v) is 6.91. The second-order valence-corrected chi connectivity index (χ2v) is 8.96. The SMILES string of the molecule is CN1CC=C(c2cn(S(=O)(=O)c3ccc4ncccc4c3)c3ccccc23)C1. The van der Waals surface area contributed by atoms with Gasteiger partial charge in [0.15, 0.2) is 0 Å². The highest BCUT2D eigenvalue weighted by Crippen LogP contribution is 2.32. The Balaban J connectivity index is 1.71. The lowest BCUT2D eigenvalue weighted by molar-refractivity contribution is 0.439. The fourth-order valence-electron chi connectivity index (χ4n) is 3.81. The van der Waals surface area contributed by atoms with Gasteiger partial charge in [-0.15, -0.1) is 0 Å². The van der Waals surface area contributed by atoms with E-state index >= 15 is 0 Å². The van der Waals surface area contributed by atoms with Crippen LogP contribution in [0.15, 0.2) is 78.0 Å². The van der Waals surface area contributed by atoms with Gasteiger partial charge in [0.25, 0.3) is 10.0 Å². The Labute approximate surface area is 163 Å². The maximum absolute atomic E-state index is 13.5. The highest BCUT2D eigenvalue weighted by Gasteiger charge is 2.24. The lowest BCUT2D eigenvalue weighted by Gasteiger charge is -2.08. The topological polar surface area (TPSA) is 55.2 Å². The van der Waals surface area contributed by atoms with Crippen molar-refractivity contribution in [3.05, 3.63) is 78.6 Å². The minimum absolute atomic E-state index is 0.262. The molecule has 3 heterocycles. The zero-order valence-corrected chi connectivity index (χ0v) is 16.2. The predicted molar refractivity (Wildman–Crippen MR) is 112 cm³/mol. The molecule has 1 aliphatic rings. The van der Waals surface area contributed by atoms with Crippen LogP contribution in [0.25, 0.3) is 27.4 Å². The molecule has 0 saturated carbocycles. The minimum Gasteiger partial charge on any atom is -0.298 e. The zero-order chi connectivity index (χ0) is 19.3. The summed E-state index contributed by atoms with van der Waals surface area (Å²) in [6.45, 7) is 1.69. The number of hydrogen-bond acceptors (Lipinski definition) is 4. The van der Waals surface area contributed by atoms with E-state index in [0.29, 0.717) is 5.52 Å². The average Bonchev–Trinajstić information content (AvgIpc) is 3.31. The van der Waals surface area contributed by atoms with Gasteiger partial charge in [-0.2, -0.15) is 0 Å². The zero-order valence-electron chi connectivity index (χ0n) is 15.4. The summed E-state index contributed by atoms with van der Waals surface area (Å²) in [6, 6.07) is 16.4. The van der Waals surface area contributed by atoms with Crippen LogP contribution < -0.4 is 0 Å². The van der Waals surface area contributed by atoms with Crippen LogP contribution in [0.4, 0.5) is 0 Å². The van der Waals surface area contributed by atoms with Gasteiger partial charge in [0.2, 0.25) is 0 Å². The first-order valence-corrected chi connectivity index (χ1v) is 10.6. The van der Waals surface area contributed by atoms with Crippen molar-refractivity contribution >= 4 is 37.4 Å². The van der Waals surface area contributed by atoms with Crippen molar-refractivity contribution < 1.29 is 8.42 Å². The quantitative estimate of drug-likeness (QED) is 0.535. The Morgan fingerprint density at radius 1 is 1.04 bits per heavy atom. The standard InChI is InChI=1S/C22H19N3O2S/c1-24-12-10-17(14-24)20-15-25(22-7-3-2-6-19(20)22)28(26,27)18-8-9-21-16(13-18)5-4-11-23-21/h2-11,13,15H,12,14H2,1H3. The first-order chi connectivity index (χ1) is 13.5. The lowest BCUT2D eigenvalue weighted by atomic mass is 10.1. The molecule has 0 N–H and O–H groups in total. The molecule has 28 heavy (non-hydrogen) atoms. The number of pyridine rings is 1. The van der Waals surface area contributed by atoms with Crippen LogP contribution in [0.2, 0.25) is 0 Å². The Morgan fingerprint density at radius 3 is 2.71 bits per heavy atom. The molecule has 5 rings (SSSR count). The van der Waals surface area contributed by atoms with Gasteiger partial charge >= 0.3 is 0 Å². The summed E-state index contributed by atoms with van der Waals surface area (Å²) in [6.07, 6.45) is 5.63. The second-order valence-electron chi connectivity index (χ2n) is 7.14. The molecule has 1 aliphatic heterocycles. The fraction of sp³-hybridized carbons (Fsp3) is 0.136. The third kappa shape index (κ3) is 2.65. The number of aromatic nitrogens is 2. The van der Waals surface area contributed by atoms with Crippen LogP contribution in [-0.2, 0) is 10.0 Å². The molecule has 0 bridgehead atoms. The van der Waals surface area contributed by atoms with E-state index < -0.39 is 10.0 Å². The normalized spacial score (nSPS) is 15.4. The van der Waals surface area contributed by atoms with Gasteiger partial charge in [0.1, 0.15) is 0 Å². The predicted octanol–water partition coefficient (Wildman–Crippen LogP) is 3.76. The Hall–Kier alpha value is -2.96. The number of rotatable bonds is 3. The summed E-state index contributed by atoms with van der Waals surface area (Å²) in [5.74, 6) is 0. The molecule has 4 aromatic rings. The van der Waals surface area contributed by atoms with Gasteiger partial charge in [-0.1, -0.05) is 30.3 Å². The van der Waals surface area contributed by atoms with Crippen molar-refractivity contribution in [2.45, 2.75) is 4.90 Å². The Kier molecular flexibility index (Phi) is 3.86. The molecule has 0 radical (unpaired) electrons. The highest BCUT2D eigenvalue weighted by molar-refractivity contribution is 7.90. The molecule has 0 aliphatic carbocycles. The molecule has 0 amide bonds. The van der Waals surface area contributed by atoms with E-state index in [1.54, 1.807) is 30.6 Å². The van der Waals surface area contributed by atoms with Crippen LogP contribution in [-0.4, -0.2) is 42.4 Å². The molecule has 2 aromatic heterocycles. The maximum atomic E-state index is 13.5. The second kappa shape index (κ2) is 6.29. The summed E-state index contributed by atoms with van der Waals surface area (Å²) < 4.78 is 28.4. The third-order valence-electron chi connectivity index (χ3n) is 5.24. The fourth-order valence-corrected chi connectivity index (χ4v) is 5.22. The minimum atomic E-state index is -3.73. The van der Waals surface area contributed by atoms with Crippen molar-refractivity contribution in [3.8, 4) is 0 Å². The van der Waals surface area contributed by atoms with E-state index in [4.69, 9.17) is 0 Å². The van der Waals surface area contributed by atoms with Crippen molar-refractivity contribution in [1.82, 2.24) is 13.9 Å². The molecule has 2 aromatic carbocycles. The lowest BCUT2D eigenvalue weighted by Crippen LogP contribution is -2.13. The molecule has 0 fully saturated rings. The first kappa shape index (κ1) is 17.2. The number of para-hydroxylation sites is 1. The summed E-state index contributed by atoms with van der Waals surface area (Å²) in [4.78, 5) is 6.74.